The molecule has 1 heterocycles. The van der Waals surface area contributed by atoms with Gasteiger partial charge in [-0.15, -0.1) is 0 Å². The fraction of sp³-hybridized carbons (Fsp3) is 0.889. The van der Waals surface area contributed by atoms with E-state index in [2.05, 4.69) is 6.07 Å². The molecule has 0 N–H and O–H groups in total. The Bertz CT molecular complexity index is 160. The van der Waals surface area contributed by atoms with Crippen molar-refractivity contribution in [2.45, 2.75) is 13.3 Å². The van der Waals surface area contributed by atoms with E-state index in [-0.39, 0.29) is 5.92 Å². The summed E-state index contributed by atoms with van der Waals surface area (Å²) >= 11 is 0. The topological polar surface area (TPSA) is 42.2 Å². The van der Waals surface area contributed by atoms with Crippen molar-refractivity contribution < 1.29 is 9.47 Å². The van der Waals surface area contributed by atoms with Gasteiger partial charge >= 0.3 is 0 Å². The van der Waals surface area contributed by atoms with E-state index >= 15 is 0 Å². The number of nitriles is 1. The van der Waals surface area contributed by atoms with Crippen molar-refractivity contribution in [2.24, 2.45) is 11.8 Å². The third kappa shape index (κ3) is 2.80. The Morgan fingerprint density at radius 1 is 1.67 bits per heavy atom. The van der Waals surface area contributed by atoms with E-state index in [9.17, 15) is 0 Å². The van der Waals surface area contributed by atoms with Crippen molar-refractivity contribution in [1.29, 1.82) is 5.26 Å². The number of hydrogen-bond donors (Lipinski definition) is 0. The van der Waals surface area contributed by atoms with E-state index in [1.807, 2.05) is 6.92 Å². The highest BCUT2D eigenvalue weighted by Crippen LogP contribution is 2.10. The first-order valence-corrected chi connectivity index (χ1v) is 4.42. The average Bonchev–Trinajstić information content (AvgIpc) is 2.02. The Morgan fingerprint density at radius 3 is 2.83 bits per heavy atom. The third-order valence-corrected chi connectivity index (χ3v) is 2.06. The van der Waals surface area contributed by atoms with Crippen LogP contribution in [-0.2, 0) is 9.47 Å². The molecule has 68 valence electrons. The minimum Gasteiger partial charge on any atom is -0.381 e. The summed E-state index contributed by atoms with van der Waals surface area (Å²) in [7, 11) is 0. The van der Waals surface area contributed by atoms with Gasteiger partial charge in [-0.1, -0.05) is 6.92 Å². The number of hydrogen-bond acceptors (Lipinski definition) is 3. The molecule has 3 heteroatoms. The molecule has 0 aromatic rings. The van der Waals surface area contributed by atoms with Crippen LogP contribution >= 0.6 is 0 Å². The Labute approximate surface area is 73.3 Å². The lowest BCUT2D eigenvalue weighted by atomic mass is 10.1. The van der Waals surface area contributed by atoms with Crippen molar-refractivity contribution in [2.75, 3.05) is 26.4 Å². The zero-order valence-corrected chi connectivity index (χ0v) is 7.45. The van der Waals surface area contributed by atoms with Crippen molar-refractivity contribution in [1.82, 2.24) is 0 Å². The molecule has 0 saturated carbocycles. The molecule has 3 nitrogen and oxygen atoms in total. The minimum absolute atomic E-state index is 0.0611. The molecular weight excluding hydrogens is 154 g/mol. The monoisotopic (exact) mass is 169 g/mol. The van der Waals surface area contributed by atoms with Crippen LogP contribution in [0.3, 0.4) is 0 Å². The molecule has 1 rings (SSSR count). The van der Waals surface area contributed by atoms with Crippen LogP contribution in [0, 0.1) is 23.2 Å². The highest BCUT2D eigenvalue weighted by atomic mass is 16.5. The fourth-order valence-corrected chi connectivity index (χ4v) is 1.00. The lowest BCUT2D eigenvalue weighted by Gasteiger charge is -2.25. The van der Waals surface area contributed by atoms with Gasteiger partial charge in [0.05, 0.1) is 38.4 Å². The van der Waals surface area contributed by atoms with Crippen LogP contribution in [0.1, 0.15) is 13.3 Å². The molecule has 0 amide bonds. The first kappa shape index (κ1) is 9.50. The van der Waals surface area contributed by atoms with Crippen LogP contribution < -0.4 is 0 Å². The standard InChI is InChI=1S/C9H15NO2/c1-2-8(3-10)4-11-5-9-6-12-7-9/h8-9H,2,4-7H2,1H3. The minimum atomic E-state index is 0.0611. The number of ether oxygens (including phenoxy) is 2. The van der Waals surface area contributed by atoms with Gasteiger partial charge in [-0.25, -0.2) is 0 Å². The highest BCUT2D eigenvalue weighted by molar-refractivity contribution is 4.81. The van der Waals surface area contributed by atoms with Crippen molar-refractivity contribution in [3.63, 3.8) is 0 Å². The molecule has 1 aliphatic rings. The van der Waals surface area contributed by atoms with Crippen molar-refractivity contribution >= 4 is 0 Å². The molecular formula is C9H15NO2. The van der Waals surface area contributed by atoms with Gasteiger partial charge in [-0.2, -0.15) is 5.26 Å². The van der Waals surface area contributed by atoms with E-state index in [0.717, 1.165) is 26.2 Å². The maximum absolute atomic E-state index is 8.61. The smallest absolute Gasteiger partial charge is 0.0694 e. The van der Waals surface area contributed by atoms with Gasteiger partial charge < -0.3 is 9.47 Å². The van der Waals surface area contributed by atoms with E-state index in [4.69, 9.17) is 14.7 Å². The maximum atomic E-state index is 8.61. The largest absolute Gasteiger partial charge is 0.381 e. The zero-order valence-electron chi connectivity index (χ0n) is 7.45. The summed E-state index contributed by atoms with van der Waals surface area (Å²) in [5, 5.41) is 8.61. The van der Waals surface area contributed by atoms with Gasteiger partial charge in [-0.3, -0.25) is 0 Å². The second-order valence-corrected chi connectivity index (χ2v) is 3.18. The molecule has 1 unspecified atom stereocenters. The van der Waals surface area contributed by atoms with Crippen LogP contribution in [0.4, 0.5) is 0 Å². The van der Waals surface area contributed by atoms with Gasteiger partial charge in [0.15, 0.2) is 0 Å². The normalized spacial score (nSPS) is 19.7. The van der Waals surface area contributed by atoms with Gasteiger partial charge in [0.2, 0.25) is 0 Å². The fourth-order valence-electron chi connectivity index (χ4n) is 1.00. The maximum Gasteiger partial charge on any atom is 0.0694 e. The number of nitrogens with zero attached hydrogens (tertiary/aromatic N) is 1. The molecule has 0 bridgehead atoms. The number of rotatable bonds is 5. The quantitative estimate of drug-likeness (QED) is 0.621. The molecule has 0 aromatic heterocycles. The van der Waals surface area contributed by atoms with Gasteiger partial charge in [0, 0.05) is 5.92 Å². The van der Waals surface area contributed by atoms with Gasteiger partial charge in [0.25, 0.3) is 0 Å². The Hall–Kier alpha value is -0.590. The van der Waals surface area contributed by atoms with Crippen molar-refractivity contribution in [3.8, 4) is 6.07 Å². The van der Waals surface area contributed by atoms with Crippen LogP contribution in [0.25, 0.3) is 0 Å². The summed E-state index contributed by atoms with van der Waals surface area (Å²) in [6.07, 6.45) is 0.873. The van der Waals surface area contributed by atoms with Gasteiger partial charge in [0.1, 0.15) is 0 Å². The summed E-state index contributed by atoms with van der Waals surface area (Å²) in [4.78, 5) is 0. The van der Waals surface area contributed by atoms with Gasteiger partial charge in [-0.05, 0) is 6.42 Å². The van der Waals surface area contributed by atoms with Crippen LogP contribution in [0.2, 0.25) is 0 Å². The van der Waals surface area contributed by atoms with E-state index in [0.29, 0.717) is 12.5 Å². The Morgan fingerprint density at radius 2 is 2.42 bits per heavy atom. The average molecular weight is 169 g/mol. The molecule has 0 aliphatic carbocycles. The molecule has 0 aromatic carbocycles. The second-order valence-electron chi connectivity index (χ2n) is 3.18. The van der Waals surface area contributed by atoms with Crippen LogP contribution in [0.15, 0.2) is 0 Å². The second kappa shape index (κ2) is 5.13. The van der Waals surface area contributed by atoms with Crippen LogP contribution in [0.5, 0.6) is 0 Å². The predicted octanol–water partition coefficient (Wildman–Crippen LogP) is 1.20. The molecule has 0 radical (unpaired) electrons. The summed E-state index contributed by atoms with van der Waals surface area (Å²) in [5.74, 6) is 0.632. The van der Waals surface area contributed by atoms with Crippen molar-refractivity contribution in [3.05, 3.63) is 0 Å². The lowest BCUT2D eigenvalue weighted by Crippen LogP contribution is -2.32. The first-order valence-electron chi connectivity index (χ1n) is 4.42. The molecule has 1 atom stereocenters. The lowest BCUT2D eigenvalue weighted by molar-refractivity contribution is -0.0739. The summed E-state index contributed by atoms with van der Waals surface area (Å²) in [6.45, 7) is 4.97. The predicted molar refractivity (Wildman–Crippen MR) is 44.5 cm³/mol. The molecule has 1 saturated heterocycles. The first-order chi connectivity index (χ1) is 5.86. The molecule has 12 heavy (non-hydrogen) atoms. The highest BCUT2D eigenvalue weighted by Gasteiger charge is 2.18. The zero-order chi connectivity index (χ0) is 8.81. The van der Waals surface area contributed by atoms with Crippen LogP contribution in [-0.4, -0.2) is 26.4 Å². The van der Waals surface area contributed by atoms with E-state index < -0.39 is 0 Å². The summed E-state index contributed by atoms with van der Waals surface area (Å²) in [6, 6.07) is 2.21. The Balaban J connectivity index is 1.97. The molecule has 1 aliphatic heterocycles. The SMILES string of the molecule is CCC(C#N)COCC1COC1. The van der Waals surface area contributed by atoms with E-state index in [1.54, 1.807) is 0 Å². The Kier molecular flexibility index (Phi) is 4.06. The van der Waals surface area contributed by atoms with E-state index in [1.165, 1.54) is 0 Å². The molecule has 0 spiro atoms. The molecule has 1 fully saturated rings. The summed E-state index contributed by atoms with van der Waals surface area (Å²) < 4.78 is 10.4. The third-order valence-electron chi connectivity index (χ3n) is 2.06. The summed E-state index contributed by atoms with van der Waals surface area (Å²) in [5.41, 5.74) is 0.